The number of nitrogens with one attached hydrogen (secondary N) is 1. The predicted octanol–water partition coefficient (Wildman–Crippen LogP) is 1.77. The zero-order valence-electron chi connectivity index (χ0n) is 12.6. The van der Waals surface area contributed by atoms with Gasteiger partial charge in [-0.15, -0.1) is 0 Å². The molecule has 0 aliphatic carbocycles. The van der Waals surface area contributed by atoms with Crippen LogP contribution in [0, 0.1) is 11.7 Å². The topological polar surface area (TPSA) is 44.7 Å². The lowest BCUT2D eigenvalue weighted by Crippen LogP contribution is -2.25. The summed E-state index contributed by atoms with van der Waals surface area (Å²) in [6, 6.07) is 5.25. The first-order valence-electron chi connectivity index (χ1n) is 7.59. The van der Waals surface area contributed by atoms with Gasteiger partial charge in [-0.25, -0.2) is 4.39 Å². The van der Waals surface area contributed by atoms with E-state index in [-0.39, 0.29) is 12.4 Å². The molecule has 4 nitrogen and oxygen atoms in total. The smallest absolute Gasteiger partial charge is 0.146 e. The summed E-state index contributed by atoms with van der Waals surface area (Å²) in [4.78, 5) is 2.11. The molecule has 0 bridgehead atoms. The third-order valence-electron chi connectivity index (χ3n) is 4.01. The Morgan fingerprint density at radius 1 is 1.48 bits per heavy atom. The maximum absolute atomic E-state index is 14.2. The lowest BCUT2D eigenvalue weighted by Gasteiger charge is -2.23. The molecule has 2 rings (SSSR count). The standard InChI is InChI=1S/C16H25FN2O2/c1-21-10-7-18-11-14-3-2-4-15(17)16(14)19-8-5-13(12-19)6-9-20/h2-4,13,18,20H,5-12H2,1H3. The summed E-state index contributed by atoms with van der Waals surface area (Å²) in [6.45, 7) is 3.93. The minimum atomic E-state index is -0.161. The van der Waals surface area contributed by atoms with E-state index in [0.29, 0.717) is 24.8 Å². The summed E-state index contributed by atoms with van der Waals surface area (Å²) in [6.07, 6.45) is 1.82. The van der Waals surface area contributed by atoms with E-state index in [9.17, 15) is 4.39 Å². The highest BCUT2D eigenvalue weighted by Gasteiger charge is 2.25. The van der Waals surface area contributed by atoms with E-state index >= 15 is 0 Å². The van der Waals surface area contributed by atoms with Gasteiger partial charge in [-0.1, -0.05) is 12.1 Å². The first kappa shape index (κ1) is 16.2. The second-order valence-corrected chi connectivity index (χ2v) is 5.53. The van der Waals surface area contributed by atoms with Crippen LogP contribution in [0.15, 0.2) is 18.2 Å². The van der Waals surface area contributed by atoms with Crippen molar-refractivity contribution in [3.63, 3.8) is 0 Å². The molecule has 1 aromatic carbocycles. The maximum atomic E-state index is 14.2. The molecule has 21 heavy (non-hydrogen) atoms. The maximum Gasteiger partial charge on any atom is 0.146 e. The molecule has 1 fully saturated rings. The summed E-state index contributed by atoms with van der Waals surface area (Å²) in [5.74, 6) is 0.301. The fourth-order valence-electron chi connectivity index (χ4n) is 2.91. The van der Waals surface area contributed by atoms with Gasteiger partial charge in [0, 0.05) is 39.9 Å². The fourth-order valence-corrected chi connectivity index (χ4v) is 2.91. The highest BCUT2D eigenvalue weighted by atomic mass is 19.1. The summed E-state index contributed by atoms with van der Waals surface area (Å²) in [5.41, 5.74) is 1.69. The normalized spacial score (nSPS) is 18.4. The number of para-hydroxylation sites is 1. The van der Waals surface area contributed by atoms with Gasteiger partial charge in [0.15, 0.2) is 0 Å². The lowest BCUT2D eigenvalue weighted by molar-refractivity contribution is 0.199. The van der Waals surface area contributed by atoms with E-state index in [1.165, 1.54) is 6.07 Å². The van der Waals surface area contributed by atoms with E-state index in [1.807, 2.05) is 6.07 Å². The molecular formula is C16H25FN2O2. The SMILES string of the molecule is COCCNCc1cccc(F)c1N1CCC(CCO)C1. The van der Waals surface area contributed by atoms with Crippen LogP contribution in [0.4, 0.5) is 10.1 Å². The molecule has 0 amide bonds. The fraction of sp³-hybridized carbons (Fsp3) is 0.625. The molecular weight excluding hydrogens is 271 g/mol. The van der Waals surface area contributed by atoms with E-state index in [0.717, 1.165) is 38.0 Å². The molecule has 0 radical (unpaired) electrons. The van der Waals surface area contributed by atoms with Gasteiger partial charge in [0.25, 0.3) is 0 Å². The third-order valence-corrected chi connectivity index (χ3v) is 4.01. The van der Waals surface area contributed by atoms with Crippen molar-refractivity contribution < 1.29 is 14.2 Å². The number of anilines is 1. The Balaban J connectivity index is 2.04. The Morgan fingerprint density at radius 2 is 2.33 bits per heavy atom. The highest BCUT2D eigenvalue weighted by Crippen LogP contribution is 2.30. The molecule has 1 aromatic rings. The monoisotopic (exact) mass is 296 g/mol. The average molecular weight is 296 g/mol. The largest absolute Gasteiger partial charge is 0.396 e. The number of hydrogen-bond donors (Lipinski definition) is 2. The van der Waals surface area contributed by atoms with Gasteiger partial charge < -0.3 is 20.1 Å². The minimum absolute atomic E-state index is 0.161. The number of halogens is 1. The molecule has 2 N–H and O–H groups in total. The molecule has 1 atom stereocenters. The number of aliphatic hydroxyl groups excluding tert-OH is 1. The van der Waals surface area contributed by atoms with E-state index in [1.54, 1.807) is 13.2 Å². The van der Waals surface area contributed by atoms with Crippen molar-refractivity contribution in [2.45, 2.75) is 19.4 Å². The number of benzene rings is 1. The van der Waals surface area contributed by atoms with Crippen LogP contribution in [-0.4, -0.2) is 45.1 Å². The van der Waals surface area contributed by atoms with Crippen LogP contribution in [0.2, 0.25) is 0 Å². The van der Waals surface area contributed by atoms with Gasteiger partial charge >= 0.3 is 0 Å². The molecule has 5 heteroatoms. The zero-order valence-corrected chi connectivity index (χ0v) is 12.6. The molecule has 1 heterocycles. The number of nitrogens with zero attached hydrogens (tertiary/aromatic N) is 1. The number of methoxy groups -OCH3 is 1. The van der Waals surface area contributed by atoms with Crippen molar-refractivity contribution in [2.24, 2.45) is 5.92 Å². The van der Waals surface area contributed by atoms with Crippen LogP contribution in [0.1, 0.15) is 18.4 Å². The Hall–Kier alpha value is -1.17. The Kier molecular flexibility index (Phi) is 6.42. The van der Waals surface area contributed by atoms with Crippen molar-refractivity contribution in [3.05, 3.63) is 29.6 Å². The van der Waals surface area contributed by atoms with Gasteiger partial charge in [0.2, 0.25) is 0 Å². The predicted molar refractivity (Wildman–Crippen MR) is 82.0 cm³/mol. The number of aliphatic hydroxyl groups is 1. The highest BCUT2D eigenvalue weighted by molar-refractivity contribution is 5.55. The van der Waals surface area contributed by atoms with Crippen molar-refractivity contribution in [3.8, 4) is 0 Å². The molecule has 0 aromatic heterocycles. The lowest BCUT2D eigenvalue weighted by atomic mass is 10.1. The molecule has 118 valence electrons. The van der Waals surface area contributed by atoms with Crippen molar-refractivity contribution >= 4 is 5.69 Å². The summed E-state index contributed by atoms with van der Waals surface area (Å²) in [7, 11) is 1.67. The van der Waals surface area contributed by atoms with E-state index in [4.69, 9.17) is 9.84 Å². The van der Waals surface area contributed by atoms with Gasteiger partial charge in [-0.3, -0.25) is 0 Å². The molecule has 1 aliphatic rings. The summed E-state index contributed by atoms with van der Waals surface area (Å²) in [5, 5.41) is 12.3. The van der Waals surface area contributed by atoms with Crippen LogP contribution in [-0.2, 0) is 11.3 Å². The van der Waals surface area contributed by atoms with Crippen molar-refractivity contribution in [1.82, 2.24) is 5.32 Å². The van der Waals surface area contributed by atoms with E-state index in [2.05, 4.69) is 10.2 Å². The zero-order chi connectivity index (χ0) is 15.1. The van der Waals surface area contributed by atoms with Crippen LogP contribution in [0.25, 0.3) is 0 Å². The van der Waals surface area contributed by atoms with Crippen LogP contribution >= 0.6 is 0 Å². The Labute approximate surface area is 125 Å². The first-order chi connectivity index (χ1) is 10.3. The second-order valence-electron chi connectivity index (χ2n) is 5.53. The molecule has 1 unspecified atom stereocenters. The summed E-state index contributed by atoms with van der Waals surface area (Å²) < 4.78 is 19.3. The molecule has 0 spiro atoms. The number of ether oxygens (including phenoxy) is 1. The van der Waals surface area contributed by atoms with Crippen LogP contribution in [0.5, 0.6) is 0 Å². The van der Waals surface area contributed by atoms with Gasteiger partial charge in [-0.05, 0) is 30.4 Å². The van der Waals surface area contributed by atoms with Crippen LogP contribution in [0.3, 0.4) is 0 Å². The third kappa shape index (κ3) is 4.40. The van der Waals surface area contributed by atoms with E-state index < -0.39 is 0 Å². The summed E-state index contributed by atoms with van der Waals surface area (Å²) >= 11 is 0. The molecule has 0 saturated carbocycles. The number of rotatable bonds is 8. The number of hydrogen-bond acceptors (Lipinski definition) is 4. The average Bonchev–Trinajstić information content (AvgIpc) is 2.92. The van der Waals surface area contributed by atoms with Gasteiger partial charge in [-0.2, -0.15) is 0 Å². The quantitative estimate of drug-likeness (QED) is 0.718. The van der Waals surface area contributed by atoms with Crippen LogP contribution < -0.4 is 10.2 Å². The van der Waals surface area contributed by atoms with Gasteiger partial charge in [0.1, 0.15) is 5.82 Å². The van der Waals surface area contributed by atoms with Crippen molar-refractivity contribution in [2.75, 3.05) is 44.9 Å². The molecule has 1 aliphatic heterocycles. The van der Waals surface area contributed by atoms with Crippen molar-refractivity contribution in [1.29, 1.82) is 0 Å². The Morgan fingerprint density at radius 3 is 3.10 bits per heavy atom. The Bertz CT molecular complexity index is 442. The van der Waals surface area contributed by atoms with Gasteiger partial charge in [0.05, 0.1) is 12.3 Å². The second kappa shape index (κ2) is 8.32. The first-order valence-corrected chi connectivity index (χ1v) is 7.59. The molecule has 1 saturated heterocycles. The minimum Gasteiger partial charge on any atom is -0.396 e.